The summed E-state index contributed by atoms with van der Waals surface area (Å²) in [7, 11) is 3.39. The monoisotopic (exact) mass is 290 g/mol. The fourth-order valence-corrected chi connectivity index (χ4v) is 2.41. The largest absolute Gasteiger partial charge is 0.497 e. The molecule has 1 aromatic rings. The van der Waals surface area contributed by atoms with Gasteiger partial charge in [-0.05, 0) is 30.5 Å². The van der Waals surface area contributed by atoms with Crippen molar-refractivity contribution in [1.29, 1.82) is 0 Å². The Labute approximate surface area is 125 Å². The maximum Gasteiger partial charge on any atom is 0.242 e. The molecule has 1 aliphatic rings. The van der Waals surface area contributed by atoms with Crippen LogP contribution in [0.1, 0.15) is 24.8 Å². The number of carbonyl (C=O) groups is 2. The van der Waals surface area contributed by atoms with Crippen molar-refractivity contribution in [3.63, 3.8) is 0 Å². The summed E-state index contributed by atoms with van der Waals surface area (Å²) in [4.78, 5) is 27.2. The topological polar surface area (TPSA) is 49.9 Å². The Kier molecular flexibility index (Phi) is 5.20. The van der Waals surface area contributed by atoms with Crippen molar-refractivity contribution < 1.29 is 14.3 Å². The molecule has 0 spiro atoms. The molecule has 5 heteroatoms. The van der Waals surface area contributed by atoms with Crippen LogP contribution in [0.4, 0.5) is 0 Å². The molecule has 0 aliphatic carbocycles. The van der Waals surface area contributed by atoms with Gasteiger partial charge in [0.1, 0.15) is 5.75 Å². The molecule has 114 valence electrons. The van der Waals surface area contributed by atoms with Gasteiger partial charge in [0.2, 0.25) is 11.8 Å². The van der Waals surface area contributed by atoms with Crippen LogP contribution in [0.3, 0.4) is 0 Å². The molecule has 0 atom stereocenters. The molecule has 2 rings (SSSR count). The van der Waals surface area contributed by atoms with E-state index in [4.69, 9.17) is 4.74 Å². The number of ether oxygens (including phenoxy) is 1. The maximum absolute atomic E-state index is 12.2. The minimum Gasteiger partial charge on any atom is -0.497 e. The summed E-state index contributed by atoms with van der Waals surface area (Å²) in [5.41, 5.74) is 1.04. The lowest BCUT2D eigenvalue weighted by Crippen LogP contribution is -2.43. The molecule has 0 bridgehead atoms. The average Bonchev–Trinajstić information content (AvgIpc) is 2.50. The molecule has 5 nitrogen and oxygen atoms in total. The van der Waals surface area contributed by atoms with Crippen LogP contribution in [0.5, 0.6) is 5.75 Å². The first-order valence-corrected chi connectivity index (χ1v) is 7.25. The standard InChI is InChI=1S/C16H22N2O3/c1-17(11-13-6-8-14(21-2)9-7-13)16(20)12-18-10-4-3-5-15(18)19/h6-9H,3-5,10-12H2,1-2H3. The van der Waals surface area contributed by atoms with Crippen LogP contribution in [0.15, 0.2) is 24.3 Å². The van der Waals surface area contributed by atoms with E-state index in [1.54, 1.807) is 24.0 Å². The highest BCUT2D eigenvalue weighted by Crippen LogP contribution is 2.14. The highest BCUT2D eigenvalue weighted by atomic mass is 16.5. The quantitative estimate of drug-likeness (QED) is 0.829. The van der Waals surface area contributed by atoms with E-state index in [1.165, 1.54) is 0 Å². The summed E-state index contributed by atoms with van der Waals surface area (Å²) in [6, 6.07) is 7.63. The van der Waals surface area contributed by atoms with Crippen LogP contribution in [0.2, 0.25) is 0 Å². The molecule has 1 aromatic carbocycles. The molecule has 1 heterocycles. The smallest absolute Gasteiger partial charge is 0.242 e. The van der Waals surface area contributed by atoms with Crippen LogP contribution >= 0.6 is 0 Å². The number of hydrogen-bond donors (Lipinski definition) is 0. The van der Waals surface area contributed by atoms with Gasteiger partial charge in [-0.25, -0.2) is 0 Å². The first-order valence-electron chi connectivity index (χ1n) is 7.25. The molecule has 0 unspecified atom stereocenters. The normalized spacial score (nSPS) is 15.0. The lowest BCUT2D eigenvalue weighted by atomic mass is 10.1. The zero-order valence-electron chi connectivity index (χ0n) is 12.7. The third-order valence-electron chi connectivity index (χ3n) is 3.75. The number of likely N-dealkylation sites (tertiary alicyclic amines) is 1. The number of methoxy groups -OCH3 is 1. The van der Waals surface area contributed by atoms with Gasteiger partial charge in [0, 0.05) is 26.6 Å². The first-order chi connectivity index (χ1) is 10.1. The number of hydrogen-bond acceptors (Lipinski definition) is 3. The van der Waals surface area contributed by atoms with Gasteiger partial charge in [0.05, 0.1) is 13.7 Å². The molecule has 1 fully saturated rings. The number of likely N-dealkylation sites (N-methyl/N-ethyl adjacent to an activating group) is 1. The van der Waals surface area contributed by atoms with E-state index in [-0.39, 0.29) is 18.4 Å². The van der Waals surface area contributed by atoms with E-state index in [2.05, 4.69) is 0 Å². The maximum atomic E-state index is 12.2. The zero-order chi connectivity index (χ0) is 15.2. The van der Waals surface area contributed by atoms with Gasteiger partial charge in [-0.3, -0.25) is 9.59 Å². The molecule has 0 aromatic heterocycles. The Morgan fingerprint density at radius 2 is 2.00 bits per heavy atom. The van der Waals surface area contributed by atoms with Crippen molar-refractivity contribution in [2.45, 2.75) is 25.8 Å². The predicted octanol–water partition coefficient (Wildman–Crippen LogP) is 1.67. The lowest BCUT2D eigenvalue weighted by molar-refractivity contribution is -0.141. The summed E-state index contributed by atoms with van der Waals surface area (Å²) >= 11 is 0. The Bertz CT molecular complexity index is 499. The summed E-state index contributed by atoms with van der Waals surface area (Å²) in [6.45, 7) is 1.41. The van der Waals surface area contributed by atoms with Gasteiger partial charge in [-0.1, -0.05) is 12.1 Å². The number of carbonyl (C=O) groups excluding carboxylic acids is 2. The van der Waals surface area contributed by atoms with Gasteiger partial charge in [-0.15, -0.1) is 0 Å². The minimum absolute atomic E-state index is 0.0268. The van der Waals surface area contributed by atoms with Gasteiger partial charge >= 0.3 is 0 Å². The summed E-state index contributed by atoms with van der Waals surface area (Å²) < 4.78 is 5.11. The van der Waals surface area contributed by atoms with Crippen LogP contribution < -0.4 is 4.74 Å². The van der Waals surface area contributed by atoms with Crippen LogP contribution in [0.25, 0.3) is 0 Å². The Balaban J connectivity index is 1.87. The number of amides is 2. The molecule has 0 saturated carbocycles. The number of rotatable bonds is 5. The second kappa shape index (κ2) is 7.11. The van der Waals surface area contributed by atoms with Gasteiger partial charge in [0.15, 0.2) is 0 Å². The van der Waals surface area contributed by atoms with E-state index in [0.717, 1.165) is 24.2 Å². The summed E-state index contributed by atoms with van der Waals surface area (Å²) in [5, 5.41) is 0. The Hall–Kier alpha value is -2.04. The van der Waals surface area contributed by atoms with Gasteiger partial charge in [-0.2, -0.15) is 0 Å². The van der Waals surface area contributed by atoms with E-state index in [1.807, 2.05) is 24.3 Å². The Morgan fingerprint density at radius 1 is 1.29 bits per heavy atom. The van der Waals surface area contributed by atoms with Crippen molar-refractivity contribution >= 4 is 11.8 Å². The highest BCUT2D eigenvalue weighted by molar-refractivity contribution is 5.85. The molecule has 21 heavy (non-hydrogen) atoms. The predicted molar refractivity (Wildman–Crippen MR) is 79.9 cm³/mol. The van der Waals surface area contributed by atoms with Crippen molar-refractivity contribution in [1.82, 2.24) is 9.80 Å². The average molecular weight is 290 g/mol. The summed E-state index contributed by atoms with van der Waals surface area (Å²) in [6.07, 6.45) is 2.49. The third kappa shape index (κ3) is 4.21. The highest BCUT2D eigenvalue weighted by Gasteiger charge is 2.21. The fraction of sp³-hybridized carbons (Fsp3) is 0.500. The van der Waals surface area contributed by atoms with Crippen LogP contribution in [0, 0.1) is 0 Å². The number of benzene rings is 1. The summed E-state index contributed by atoms with van der Waals surface area (Å²) in [5.74, 6) is 0.861. The minimum atomic E-state index is -0.0268. The van der Waals surface area contributed by atoms with Crippen molar-refractivity contribution in [3.05, 3.63) is 29.8 Å². The second-order valence-electron chi connectivity index (χ2n) is 5.37. The molecule has 0 radical (unpaired) electrons. The van der Waals surface area contributed by atoms with E-state index in [0.29, 0.717) is 19.5 Å². The second-order valence-corrected chi connectivity index (χ2v) is 5.37. The third-order valence-corrected chi connectivity index (χ3v) is 3.75. The van der Waals surface area contributed by atoms with Crippen molar-refractivity contribution in [2.24, 2.45) is 0 Å². The van der Waals surface area contributed by atoms with Gasteiger partial charge in [0.25, 0.3) is 0 Å². The van der Waals surface area contributed by atoms with Crippen molar-refractivity contribution in [2.75, 3.05) is 27.2 Å². The Morgan fingerprint density at radius 3 is 2.62 bits per heavy atom. The fourth-order valence-electron chi connectivity index (χ4n) is 2.41. The van der Waals surface area contributed by atoms with Gasteiger partial charge < -0.3 is 14.5 Å². The van der Waals surface area contributed by atoms with Crippen molar-refractivity contribution in [3.8, 4) is 5.75 Å². The number of piperidine rings is 1. The van der Waals surface area contributed by atoms with Crippen LogP contribution in [-0.4, -0.2) is 48.9 Å². The molecular weight excluding hydrogens is 268 g/mol. The molecule has 0 N–H and O–H groups in total. The number of nitrogens with zero attached hydrogens (tertiary/aromatic N) is 2. The van der Waals surface area contributed by atoms with E-state index in [9.17, 15) is 9.59 Å². The van der Waals surface area contributed by atoms with Crippen LogP contribution in [-0.2, 0) is 16.1 Å². The lowest BCUT2D eigenvalue weighted by Gasteiger charge is -2.28. The first kappa shape index (κ1) is 15.4. The SMILES string of the molecule is COc1ccc(CN(C)C(=O)CN2CCCCC2=O)cc1. The molecule has 1 saturated heterocycles. The molecular formula is C16H22N2O3. The zero-order valence-corrected chi connectivity index (χ0v) is 12.7. The molecule has 2 amide bonds. The van der Waals surface area contributed by atoms with E-state index >= 15 is 0 Å². The molecule has 1 aliphatic heterocycles. The van der Waals surface area contributed by atoms with E-state index < -0.39 is 0 Å².